The van der Waals surface area contributed by atoms with Gasteiger partial charge in [-0.1, -0.05) is 72.3 Å². The van der Waals surface area contributed by atoms with Crippen LogP contribution in [0, 0.1) is 5.92 Å². The standard InChI is InChI=1S/C31H32ClN3O2/c32-24-12-10-23(11-13-24)29-28(30(36)33-17-14-21-6-2-1-3-7-21)25-8-4-5-9-26(25)31(37)35(29)27-20-34-18-15-22(27)16-19-34/h1-13,22,27-29H,14-20H2,(H,33,36)/t27-,28-,29+/m1/s1. The van der Waals surface area contributed by atoms with Crippen LogP contribution in [0.2, 0.25) is 5.02 Å². The lowest BCUT2D eigenvalue weighted by Gasteiger charge is -2.53. The van der Waals surface area contributed by atoms with Crippen molar-refractivity contribution in [2.75, 3.05) is 26.2 Å². The predicted molar refractivity (Wildman–Crippen MR) is 146 cm³/mol. The van der Waals surface area contributed by atoms with Gasteiger partial charge < -0.3 is 15.1 Å². The summed E-state index contributed by atoms with van der Waals surface area (Å²) in [5.74, 6) is -0.0538. The van der Waals surface area contributed by atoms with Gasteiger partial charge in [-0.15, -0.1) is 0 Å². The van der Waals surface area contributed by atoms with E-state index < -0.39 is 5.92 Å². The molecule has 0 aromatic heterocycles. The van der Waals surface area contributed by atoms with E-state index in [0.29, 0.717) is 23.0 Å². The molecule has 37 heavy (non-hydrogen) atoms. The Bertz CT molecular complexity index is 1270. The summed E-state index contributed by atoms with van der Waals surface area (Å²) in [6, 6.07) is 25.2. The minimum Gasteiger partial charge on any atom is -0.355 e. The van der Waals surface area contributed by atoms with Gasteiger partial charge in [0.25, 0.3) is 5.91 Å². The van der Waals surface area contributed by atoms with Crippen molar-refractivity contribution < 1.29 is 9.59 Å². The Labute approximate surface area is 223 Å². The van der Waals surface area contributed by atoms with Gasteiger partial charge in [-0.25, -0.2) is 0 Å². The van der Waals surface area contributed by atoms with Crippen molar-refractivity contribution in [2.45, 2.75) is 37.3 Å². The van der Waals surface area contributed by atoms with E-state index >= 15 is 0 Å². The molecule has 0 unspecified atom stereocenters. The molecule has 4 aliphatic rings. The van der Waals surface area contributed by atoms with Gasteiger partial charge in [0.1, 0.15) is 0 Å². The number of carbonyl (C=O) groups is 2. The summed E-state index contributed by atoms with van der Waals surface area (Å²) >= 11 is 6.26. The number of fused-ring (bicyclic) bond motifs is 4. The van der Waals surface area contributed by atoms with Gasteiger partial charge in [-0.3, -0.25) is 9.59 Å². The average molecular weight is 514 g/mol. The molecule has 0 radical (unpaired) electrons. The second-order valence-corrected chi connectivity index (χ2v) is 10.9. The zero-order valence-corrected chi connectivity index (χ0v) is 21.6. The first kappa shape index (κ1) is 24.2. The van der Waals surface area contributed by atoms with E-state index in [9.17, 15) is 9.59 Å². The second kappa shape index (κ2) is 10.3. The predicted octanol–water partition coefficient (Wildman–Crippen LogP) is 5.07. The molecule has 2 bridgehead atoms. The zero-order valence-electron chi connectivity index (χ0n) is 20.9. The van der Waals surface area contributed by atoms with Crippen LogP contribution in [0.15, 0.2) is 78.9 Å². The van der Waals surface area contributed by atoms with Gasteiger partial charge in [-0.2, -0.15) is 0 Å². The van der Waals surface area contributed by atoms with Crippen LogP contribution < -0.4 is 5.32 Å². The smallest absolute Gasteiger partial charge is 0.255 e. The molecule has 190 valence electrons. The molecule has 4 aliphatic heterocycles. The summed E-state index contributed by atoms with van der Waals surface area (Å²) in [5.41, 5.74) is 3.59. The van der Waals surface area contributed by atoms with Gasteiger partial charge in [0, 0.05) is 29.7 Å². The zero-order chi connectivity index (χ0) is 25.4. The van der Waals surface area contributed by atoms with Crippen LogP contribution in [0.5, 0.6) is 0 Å². The molecule has 0 aliphatic carbocycles. The Hall–Kier alpha value is -3.15. The van der Waals surface area contributed by atoms with E-state index in [-0.39, 0.29) is 23.9 Å². The molecular formula is C31H32ClN3O2. The fourth-order valence-electron chi connectivity index (χ4n) is 6.55. The van der Waals surface area contributed by atoms with Crippen molar-refractivity contribution in [1.29, 1.82) is 0 Å². The quantitative estimate of drug-likeness (QED) is 0.500. The van der Waals surface area contributed by atoms with E-state index in [1.165, 1.54) is 5.56 Å². The van der Waals surface area contributed by atoms with E-state index in [1.54, 1.807) is 0 Å². The monoisotopic (exact) mass is 513 g/mol. The van der Waals surface area contributed by atoms with Crippen LogP contribution in [0.25, 0.3) is 0 Å². The number of amides is 2. The normalized spacial score (nSPS) is 26.6. The Morgan fingerprint density at radius 1 is 0.919 bits per heavy atom. The van der Waals surface area contributed by atoms with Gasteiger partial charge >= 0.3 is 0 Å². The van der Waals surface area contributed by atoms with Crippen LogP contribution in [0.4, 0.5) is 0 Å². The third-order valence-electron chi connectivity index (χ3n) is 8.40. The highest BCUT2D eigenvalue weighted by Crippen LogP contribution is 2.47. The number of nitrogens with one attached hydrogen (secondary N) is 1. The molecule has 3 aromatic carbocycles. The number of carbonyl (C=O) groups excluding carboxylic acids is 2. The molecule has 6 heteroatoms. The number of halogens is 1. The van der Waals surface area contributed by atoms with E-state index in [4.69, 9.17) is 11.6 Å². The minimum atomic E-state index is -0.499. The first-order chi connectivity index (χ1) is 18.1. The van der Waals surface area contributed by atoms with Crippen LogP contribution in [0.1, 0.15) is 51.8 Å². The minimum absolute atomic E-state index is 0.0302. The number of nitrogens with zero attached hydrogens (tertiary/aromatic N) is 2. The van der Waals surface area contributed by atoms with Crippen molar-refractivity contribution in [3.8, 4) is 0 Å². The Balaban J connectivity index is 1.39. The van der Waals surface area contributed by atoms with Crippen molar-refractivity contribution in [3.63, 3.8) is 0 Å². The van der Waals surface area contributed by atoms with Crippen LogP contribution in [-0.4, -0.2) is 53.8 Å². The second-order valence-electron chi connectivity index (χ2n) is 10.5. The number of rotatable bonds is 6. The summed E-state index contributed by atoms with van der Waals surface area (Å²) in [6.45, 7) is 3.59. The highest BCUT2D eigenvalue weighted by atomic mass is 35.5. The topological polar surface area (TPSA) is 52.7 Å². The summed E-state index contributed by atoms with van der Waals surface area (Å²) in [4.78, 5) is 32.7. The maximum absolute atomic E-state index is 14.2. The summed E-state index contributed by atoms with van der Waals surface area (Å²) in [7, 11) is 0. The first-order valence-electron chi connectivity index (χ1n) is 13.3. The molecule has 3 atom stereocenters. The Morgan fingerprint density at radius 3 is 2.32 bits per heavy atom. The number of benzene rings is 3. The fraction of sp³-hybridized carbons (Fsp3) is 0.355. The third kappa shape index (κ3) is 4.67. The van der Waals surface area contributed by atoms with Crippen molar-refractivity contribution in [1.82, 2.24) is 15.1 Å². The molecule has 4 heterocycles. The van der Waals surface area contributed by atoms with Crippen molar-refractivity contribution in [3.05, 3.63) is 106 Å². The van der Waals surface area contributed by atoms with Gasteiger partial charge in [0.15, 0.2) is 0 Å². The van der Waals surface area contributed by atoms with Crippen LogP contribution in [-0.2, 0) is 11.2 Å². The molecule has 1 N–H and O–H groups in total. The average Bonchev–Trinajstić information content (AvgIpc) is 2.94. The molecule has 0 spiro atoms. The number of hydrogen-bond acceptors (Lipinski definition) is 3. The van der Waals surface area contributed by atoms with Crippen molar-refractivity contribution in [2.24, 2.45) is 5.92 Å². The summed E-state index contributed by atoms with van der Waals surface area (Å²) < 4.78 is 0. The van der Waals surface area contributed by atoms with Crippen molar-refractivity contribution >= 4 is 23.4 Å². The largest absolute Gasteiger partial charge is 0.355 e. The Morgan fingerprint density at radius 2 is 1.62 bits per heavy atom. The molecular weight excluding hydrogens is 482 g/mol. The molecule has 2 amide bonds. The lowest BCUT2D eigenvalue weighted by Crippen LogP contribution is -2.61. The molecule has 5 nitrogen and oxygen atoms in total. The Kier molecular flexibility index (Phi) is 6.74. The van der Waals surface area contributed by atoms with Gasteiger partial charge in [0.2, 0.25) is 5.91 Å². The van der Waals surface area contributed by atoms with E-state index in [2.05, 4.69) is 27.2 Å². The van der Waals surface area contributed by atoms with Crippen LogP contribution in [0.3, 0.4) is 0 Å². The summed E-state index contributed by atoms with van der Waals surface area (Å²) in [6.07, 6.45) is 2.95. The number of hydrogen-bond donors (Lipinski definition) is 1. The van der Waals surface area contributed by atoms with Crippen LogP contribution >= 0.6 is 11.6 Å². The lowest BCUT2D eigenvalue weighted by molar-refractivity contribution is -0.125. The lowest BCUT2D eigenvalue weighted by atomic mass is 9.75. The molecule has 3 aromatic rings. The SMILES string of the molecule is O=C(NCCc1ccccc1)[C@@H]1c2ccccc2C(=O)N([C@@H]2CN3CCC2CC3)[C@H]1c1ccc(Cl)cc1. The number of piperidine rings is 3. The maximum atomic E-state index is 14.2. The maximum Gasteiger partial charge on any atom is 0.255 e. The highest BCUT2D eigenvalue weighted by molar-refractivity contribution is 6.30. The first-order valence-corrected chi connectivity index (χ1v) is 13.7. The fourth-order valence-corrected chi connectivity index (χ4v) is 6.67. The molecule has 3 saturated heterocycles. The molecule has 7 rings (SSSR count). The van der Waals surface area contributed by atoms with Gasteiger partial charge in [-0.05, 0) is 73.2 Å². The van der Waals surface area contributed by atoms with E-state index in [0.717, 1.165) is 50.0 Å². The molecule has 0 saturated carbocycles. The van der Waals surface area contributed by atoms with Gasteiger partial charge in [0.05, 0.1) is 12.0 Å². The third-order valence-corrected chi connectivity index (χ3v) is 8.66. The van der Waals surface area contributed by atoms with E-state index in [1.807, 2.05) is 66.7 Å². The molecule has 3 fully saturated rings. The summed E-state index contributed by atoms with van der Waals surface area (Å²) in [5, 5.41) is 3.85. The highest BCUT2D eigenvalue weighted by Gasteiger charge is 2.50.